The topological polar surface area (TPSA) is 93.8 Å². The maximum Gasteiger partial charge on any atom is 0.251 e. The van der Waals surface area contributed by atoms with E-state index in [2.05, 4.69) is 5.32 Å². The first kappa shape index (κ1) is 17.2. The molecule has 22 heavy (non-hydrogen) atoms. The second kappa shape index (κ2) is 7.39. The van der Waals surface area contributed by atoms with Crippen LogP contribution in [0.25, 0.3) is 0 Å². The summed E-state index contributed by atoms with van der Waals surface area (Å²) in [7, 11) is 0. The van der Waals surface area contributed by atoms with Crippen LogP contribution in [0.3, 0.4) is 0 Å². The number of benzene rings is 1. The molecule has 0 spiro atoms. The maximum absolute atomic E-state index is 12.2. The Morgan fingerprint density at radius 3 is 2.59 bits per heavy atom. The summed E-state index contributed by atoms with van der Waals surface area (Å²) in [6.07, 6.45) is -0.399. The smallest absolute Gasteiger partial charge is 0.251 e. The van der Waals surface area contributed by atoms with Crippen molar-refractivity contribution in [3.63, 3.8) is 0 Å². The highest BCUT2D eigenvalue weighted by Gasteiger charge is 2.47. The van der Waals surface area contributed by atoms with Crippen LogP contribution in [0.5, 0.6) is 0 Å². The highest BCUT2D eigenvalue weighted by Crippen LogP contribution is 2.27. The molecule has 1 aromatic carbocycles. The first-order valence-electron chi connectivity index (χ1n) is 7.20. The summed E-state index contributed by atoms with van der Waals surface area (Å²) in [6, 6.07) is 7.18. The van der Waals surface area contributed by atoms with E-state index in [0.717, 1.165) is 12.0 Å². The van der Waals surface area contributed by atoms with Crippen LogP contribution in [0, 0.1) is 0 Å². The van der Waals surface area contributed by atoms with E-state index in [1.165, 1.54) is 0 Å². The van der Waals surface area contributed by atoms with E-state index in [1.807, 2.05) is 12.1 Å². The number of amides is 1. The number of nitrogens with one attached hydrogen (secondary N) is 1. The van der Waals surface area contributed by atoms with Crippen LogP contribution in [-0.4, -0.2) is 55.1 Å². The van der Waals surface area contributed by atoms with Gasteiger partial charge in [0.2, 0.25) is 0 Å². The normalized spacial score (nSPS) is 29.7. The summed E-state index contributed by atoms with van der Waals surface area (Å²) in [4.78, 5) is 12.2. The number of nitrogens with two attached hydrogens (primary N) is 1. The molecule has 0 bridgehead atoms. The molecule has 2 heterocycles. The molecule has 2 aliphatic rings. The Balaban J connectivity index is 0.00000176. The van der Waals surface area contributed by atoms with Crippen molar-refractivity contribution in [1.29, 1.82) is 0 Å². The Bertz CT molecular complexity index is 511. The van der Waals surface area contributed by atoms with Crippen molar-refractivity contribution >= 4 is 18.3 Å². The van der Waals surface area contributed by atoms with E-state index >= 15 is 0 Å². The van der Waals surface area contributed by atoms with Crippen molar-refractivity contribution < 1.29 is 19.4 Å². The van der Waals surface area contributed by atoms with Gasteiger partial charge in [-0.3, -0.25) is 4.79 Å². The van der Waals surface area contributed by atoms with Crippen LogP contribution in [0.15, 0.2) is 24.3 Å². The molecule has 1 amide bonds. The number of halogens is 1. The van der Waals surface area contributed by atoms with Crippen LogP contribution in [0.1, 0.15) is 15.9 Å². The number of rotatable bonds is 4. The second-order valence-electron chi connectivity index (χ2n) is 5.48. The number of carbonyl (C=O) groups excluding carboxylic acids is 1. The van der Waals surface area contributed by atoms with Crippen molar-refractivity contribution in [2.24, 2.45) is 5.73 Å². The average molecular weight is 329 g/mol. The first-order chi connectivity index (χ1) is 10.2. The highest BCUT2D eigenvalue weighted by molar-refractivity contribution is 5.94. The Labute approximate surface area is 135 Å². The third-order valence-corrected chi connectivity index (χ3v) is 3.99. The fourth-order valence-electron chi connectivity index (χ4n) is 2.84. The third kappa shape index (κ3) is 3.42. The largest absolute Gasteiger partial charge is 0.388 e. The summed E-state index contributed by atoms with van der Waals surface area (Å²) in [5.74, 6) is -0.159. The number of hydrogen-bond acceptors (Lipinski definition) is 5. The lowest BCUT2D eigenvalue weighted by molar-refractivity contribution is 0.0178. The number of hydrogen-bond donors (Lipinski definition) is 3. The molecule has 3 rings (SSSR count). The predicted octanol–water partition coefficient (Wildman–Crippen LogP) is -0.133. The summed E-state index contributed by atoms with van der Waals surface area (Å²) >= 11 is 0. The van der Waals surface area contributed by atoms with Gasteiger partial charge in [-0.1, -0.05) is 12.1 Å². The van der Waals surface area contributed by atoms with Crippen molar-refractivity contribution in [2.75, 3.05) is 19.8 Å². The fraction of sp³-hybridized carbons (Fsp3) is 0.533. The van der Waals surface area contributed by atoms with Crippen LogP contribution in [-0.2, 0) is 15.9 Å². The SMILES string of the molecule is Cl.NCCc1ccc(C(=O)N[C@H]2CO[C@H]3[C@@H]2OC[C@H]3O)cc1. The standard InChI is InChI=1S/C15H20N2O4.ClH/c16-6-5-9-1-3-10(4-2-9)15(19)17-11-7-20-14-12(18)8-21-13(11)14;/h1-4,11-14,18H,5-8,16H2,(H,17,19);1H/t11-,12+,13+,14+;/m0./s1. The van der Waals surface area contributed by atoms with Gasteiger partial charge < -0.3 is 25.6 Å². The molecule has 0 radical (unpaired) electrons. The number of carbonyl (C=O) groups is 1. The summed E-state index contributed by atoms with van der Waals surface area (Å²) in [5.41, 5.74) is 7.21. The molecule has 0 aromatic heterocycles. The Kier molecular flexibility index (Phi) is 5.77. The molecule has 6 nitrogen and oxygen atoms in total. The van der Waals surface area contributed by atoms with Crippen molar-refractivity contribution in [3.8, 4) is 0 Å². The average Bonchev–Trinajstić information content (AvgIpc) is 3.04. The minimum absolute atomic E-state index is 0. The van der Waals surface area contributed by atoms with Gasteiger partial charge in [0.05, 0.1) is 19.3 Å². The first-order valence-corrected chi connectivity index (χ1v) is 7.20. The van der Waals surface area contributed by atoms with Crippen molar-refractivity contribution in [3.05, 3.63) is 35.4 Å². The molecule has 4 atom stereocenters. The second-order valence-corrected chi connectivity index (χ2v) is 5.48. The van der Waals surface area contributed by atoms with E-state index in [0.29, 0.717) is 18.7 Å². The van der Waals surface area contributed by atoms with E-state index in [4.69, 9.17) is 15.2 Å². The molecule has 0 saturated carbocycles. The molecule has 2 saturated heterocycles. The zero-order valence-electron chi connectivity index (χ0n) is 12.1. The zero-order valence-corrected chi connectivity index (χ0v) is 12.9. The number of fused-ring (bicyclic) bond motifs is 1. The van der Waals surface area contributed by atoms with E-state index in [9.17, 15) is 9.90 Å². The van der Waals surface area contributed by atoms with Gasteiger partial charge in [0.25, 0.3) is 5.91 Å². The molecule has 2 aliphatic heterocycles. The predicted molar refractivity (Wildman–Crippen MR) is 83.2 cm³/mol. The molecule has 122 valence electrons. The molecule has 4 N–H and O–H groups in total. The number of ether oxygens (including phenoxy) is 2. The zero-order chi connectivity index (χ0) is 14.8. The summed E-state index contributed by atoms with van der Waals surface area (Å²) in [5, 5.41) is 12.6. The lowest BCUT2D eigenvalue weighted by Gasteiger charge is -2.17. The molecular formula is C15H21ClN2O4. The van der Waals surface area contributed by atoms with Crippen molar-refractivity contribution in [2.45, 2.75) is 30.8 Å². The number of aliphatic hydroxyl groups excluding tert-OH is 1. The van der Waals surface area contributed by atoms with Crippen LogP contribution >= 0.6 is 12.4 Å². The van der Waals surface area contributed by atoms with Gasteiger partial charge in [-0.25, -0.2) is 0 Å². The maximum atomic E-state index is 12.2. The monoisotopic (exact) mass is 328 g/mol. The third-order valence-electron chi connectivity index (χ3n) is 3.99. The summed E-state index contributed by atoms with van der Waals surface area (Å²) in [6.45, 7) is 1.21. The van der Waals surface area contributed by atoms with Gasteiger partial charge in [-0.2, -0.15) is 0 Å². The molecule has 2 fully saturated rings. The van der Waals surface area contributed by atoms with Gasteiger partial charge in [0, 0.05) is 5.56 Å². The van der Waals surface area contributed by atoms with Crippen molar-refractivity contribution in [1.82, 2.24) is 5.32 Å². The lowest BCUT2D eigenvalue weighted by atomic mass is 10.1. The van der Waals surface area contributed by atoms with Gasteiger partial charge in [0.15, 0.2) is 0 Å². The minimum atomic E-state index is -0.604. The van der Waals surface area contributed by atoms with E-state index in [1.54, 1.807) is 12.1 Å². The molecule has 1 aromatic rings. The Morgan fingerprint density at radius 2 is 1.91 bits per heavy atom. The molecular weight excluding hydrogens is 308 g/mol. The van der Waals surface area contributed by atoms with Gasteiger partial charge in [0.1, 0.15) is 18.3 Å². The summed E-state index contributed by atoms with van der Waals surface area (Å²) < 4.78 is 11.0. The Morgan fingerprint density at radius 1 is 1.23 bits per heavy atom. The minimum Gasteiger partial charge on any atom is -0.388 e. The van der Waals surface area contributed by atoms with Crippen LogP contribution in [0.2, 0.25) is 0 Å². The highest BCUT2D eigenvalue weighted by atomic mass is 35.5. The van der Waals surface area contributed by atoms with Crippen LogP contribution in [0.4, 0.5) is 0 Å². The van der Waals surface area contributed by atoms with Crippen LogP contribution < -0.4 is 11.1 Å². The molecule has 7 heteroatoms. The quantitative estimate of drug-likeness (QED) is 0.715. The van der Waals surface area contributed by atoms with Gasteiger partial charge in [-0.15, -0.1) is 12.4 Å². The lowest BCUT2D eigenvalue weighted by Crippen LogP contribution is -2.44. The van der Waals surface area contributed by atoms with Gasteiger partial charge in [-0.05, 0) is 30.7 Å². The van der Waals surface area contributed by atoms with E-state index < -0.39 is 6.10 Å². The molecule has 0 aliphatic carbocycles. The number of aliphatic hydroxyl groups is 1. The fourth-order valence-corrected chi connectivity index (χ4v) is 2.84. The van der Waals surface area contributed by atoms with Gasteiger partial charge >= 0.3 is 0 Å². The molecule has 0 unspecified atom stereocenters. The Hall–Kier alpha value is -1.18. The van der Waals surface area contributed by atoms with E-state index in [-0.39, 0.29) is 43.2 Å².